The van der Waals surface area contributed by atoms with Crippen molar-refractivity contribution in [1.29, 1.82) is 0 Å². The summed E-state index contributed by atoms with van der Waals surface area (Å²) in [5.74, 6) is 0.423. The lowest BCUT2D eigenvalue weighted by molar-refractivity contribution is -0.0968. The van der Waals surface area contributed by atoms with Gasteiger partial charge in [-0.2, -0.15) is 0 Å². The van der Waals surface area contributed by atoms with Crippen molar-refractivity contribution >= 4 is 0 Å². The molecule has 1 aliphatic heterocycles. The number of aliphatic hydroxyl groups is 1. The van der Waals surface area contributed by atoms with E-state index in [1.807, 2.05) is 0 Å². The van der Waals surface area contributed by atoms with Gasteiger partial charge >= 0.3 is 0 Å². The fourth-order valence-corrected chi connectivity index (χ4v) is 1.92. The summed E-state index contributed by atoms with van der Waals surface area (Å²) in [5, 5.41) is 10.2. The highest BCUT2D eigenvalue weighted by atomic mass is 16.5. The molecule has 72 valence electrons. The zero-order valence-electron chi connectivity index (χ0n) is 8.18. The van der Waals surface area contributed by atoms with Crippen LogP contribution < -0.4 is 0 Å². The van der Waals surface area contributed by atoms with E-state index < -0.39 is 5.60 Å². The fraction of sp³-hybridized carbons (Fsp3) is 1.00. The molecular weight excluding hydrogens is 152 g/mol. The Bertz CT molecular complexity index is 128. The van der Waals surface area contributed by atoms with Crippen LogP contribution in [0.2, 0.25) is 0 Å². The SMILES string of the molecule is CCCC(C)C1(O)CCOCC1. The van der Waals surface area contributed by atoms with Gasteiger partial charge in [0.15, 0.2) is 0 Å². The van der Waals surface area contributed by atoms with Gasteiger partial charge in [0.25, 0.3) is 0 Å². The van der Waals surface area contributed by atoms with E-state index in [1.54, 1.807) is 0 Å². The molecule has 1 rings (SSSR count). The first-order valence-corrected chi connectivity index (χ1v) is 4.99. The van der Waals surface area contributed by atoms with Gasteiger partial charge in [-0.3, -0.25) is 0 Å². The summed E-state index contributed by atoms with van der Waals surface area (Å²) >= 11 is 0. The Morgan fingerprint density at radius 2 is 2.00 bits per heavy atom. The predicted octanol–water partition coefficient (Wildman–Crippen LogP) is 1.96. The number of rotatable bonds is 3. The molecule has 0 spiro atoms. The Morgan fingerprint density at radius 3 is 2.50 bits per heavy atom. The number of hydrogen-bond acceptors (Lipinski definition) is 2. The second kappa shape index (κ2) is 4.24. The highest BCUT2D eigenvalue weighted by Crippen LogP contribution is 2.31. The van der Waals surface area contributed by atoms with Crippen molar-refractivity contribution in [2.75, 3.05) is 13.2 Å². The minimum Gasteiger partial charge on any atom is -0.389 e. The zero-order valence-corrected chi connectivity index (χ0v) is 8.18. The first-order valence-electron chi connectivity index (χ1n) is 4.99. The predicted molar refractivity (Wildman–Crippen MR) is 49.1 cm³/mol. The third-order valence-corrected chi connectivity index (χ3v) is 3.00. The van der Waals surface area contributed by atoms with E-state index in [9.17, 15) is 5.11 Å². The largest absolute Gasteiger partial charge is 0.389 e. The first kappa shape index (κ1) is 10.0. The molecule has 1 unspecified atom stereocenters. The van der Waals surface area contributed by atoms with Crippen LogP contribution in [0.25, 0.3) is 0 Å². The average Bonchev–Trinajstić information content (AvgIpc) is 2.06. The van der Waals surface area contributed by atoms with E-state index in [0.717, 1.165) is 38.9 Å². The molecule has 0 amide bonds. The summed E-state index contributed by atoms with van der Waals surface area (Å²) in [7, 11) is 0. The molecule has 1 atom stereocenters. The highest BCUT2D eigenvalue weighted by molar-refractivity contribution is 4.85. The minimum atomic E-state index is -0.436. The summed E-state index contributed by atoms with van der Waals surface area (Å²) in [4.78, 5) is 0. The second-order valence-corrected chi connectivity index (χ2v) is 3.91. The second-order valence-electron chi connectivity index (χ2n) is 3.91. The maximum Gasteiger partial charge on any atom is 0.0717 e. The van der Waals surface area contributed by atoms with Gasteiger partial charge in [-0.15, -0.1) is 0 Å². The van der Waals surface area contributed by atoms with E-state index in [-0.39, 0.29) is 0 Å². The van der Waals surface area contributed by atoms with Gasteiger partial charge in [-0.1, -0.05) is 20.3 Å². The van der Waals surface area contributed by atoms with Crippen LogP contribution in [-0.2, 0) is 4.74 Å². The quantitative estimate of drug-likeness (QED) is 0.705. The molecule has 0 aliphatic carbocycles. The third kappa shape index (κ3) is 2.20. The van der Waals surface area contributed by atoms with Crippen LogP contribution >= 0.6 is 0 Å². The topological polar surface area (TPSA) is 29.5 Å². The highest BCUT2D eigenvalue weighted by Gasteiger charge is 2.34. The van der Waals surface area contributed by atoms with Crippen LogP contribution in [0.1, 0.15) is 39.5 Å². The Labute approximate surface area is 74.9 Å². The Kier molecular flexibility index (Phi) is 3.53. The van der Waals surface area contributed by atoms with Gasteiger partial charge in [-0.25, -0.2) is 0 Å². The summed E-state index contributed by atoms with van der Waals surface area (Å²) in [6.07, 6.45) is 3.91. The molecule has 0 aromatic heterocycles. The van der Waals surface area contributed by atoms with E-state index in [4.69, 9.17) is 4.74 Å². The minimum absolute atomic E-state index is 0.423. The monoisotopic (exact) mass is 172 g/mol. The van der Waals surface area contributed by atoms with Crippen molar-refractivity contribution in [3.05, 3.63) is 0 Å². The Balaban J connectivity index is 2.44. The van der Waals surface area contributed by atoms with Crippen LogP contribution in [0.5, 0.6) is 0 Å². The van der Waals surface area contributed by atoms with Crippen molar-refractivity contribution in [3.63, 3.8) is 0 Å². The molecule has 1 heterocycles. The van der Waals surface area contributed by atoms with E-state index in [2.05, 4.69) is 13.8 Å². The normalized spacial score (nSPS) is 25.2. The molecule has 1 saturated heterocycles. The molecule has 0 saturated carbocycles. The van der Waals surface area contributed by atoms with Gasteiger partial charge in [0.1, 0.15) is 0 Å². The molecule has 1 aliphatic rings. The lowest BCUT2D eigenvalue weighted by atomic mass is 9.80. The summed E-state index contributed by atoms with van der Waals surface area (Å²) in [5.41, 5.74) is -0.436. The van der Waals surface area contributed by atoms with Crippen LogP contribution in [-0.4, -0.2) is 23.9 Å². The molecule has 12 heavy (non-hydrogen) atoms. The van der Waals surface area contributed by atoms with Gasteiger partial charge in [0.2, 0.25) is 0 Å². The van der Waals surface area contributed by atoms with Crippen molar-refractivity contribution in [2.45, 2.75) is 45.1 Å². The Morgan fingerprint density at radius 1 is 1.42 bits per heavy atom. The maximum atomic E-state index is 10.2. The van der Waals surface area contributed by atoms with Gasteiger partial charge in [0, 0.05) is 13.2 Å². The van der Waals surface area contributed by atoms with Crippen molar-refractivity contribution in [2.24, 2.45) is 5.92 Å². The molecule has 1 fully saturated rings. The van der Waals surface area contributed by atoms with Crippen molar-refractivity contribution in [1.82, 2.24) is 0 Å². The lowest BCUT2D eigenvalue weighted by Gasteiger charge is -2.37. The van der Waals surface area contributed by atoms with Crippen LogP contribution in [0, 0.1) is 5.92 Å². The van der Waals surface area contributed by atoms with Crippen LogP contribution in [0.3, 0.4) is 0 Å². The first-order chi connectivity index (χ1) is 5.69. The summed E-state index contributed by atoms with van der Waals surface area (Å²) in [6.45, 7) is 5.77. The summed E-state index contributed by atoms with van der Waals surface area (Å²) in [6, 6.07) is 0. The van der Waals surface area contributed by atoms with Gasteiger partial charge in [0.05, 0.1) is 5.60 Å². The maximum absolute atomic E-state index is 10.2. The fourth-order valence-electron chi connectivity index (χ4n) is 1.92. The molecule has 1 N–H and O–H groups in total. The van der Waals surface area contributed by atoms with E-state index >= 15 is 0 Å². The average molecular weight is 172 g/mol. The van der Waals surface area contributed by atoms with Crippen molar-refractivity contribution < 1.29 is 9.84 Å². The summed E-state index contributed by atoms with van der Waals surface area (Å²) < 4.78 is 5.23. The molecule has 2 heteroatoms. The van der Waals surface area contributed by atoms with Crippen LogP contribution in [0.15, 0.2) is 0 Å². The van der Waals surface area contributed by atoms with Gasteiger partial charge in [-0.05, 0) is 25.2 Å². The number of hydrogen-bond donors (Lipinski definition) is 1. The lowest BCUT2D eigenvalue weighted by Crippen LogP contribution is -2.41. The Hall–Kier alpha value is -0.0800. The standard InChI is InChI=1S/C10H20O2/c1-3-4-9(2)10(11)5-7-12-8-6-10/h9,11H,3-8H2,1-2H3. The van der Waals surface area contributed by atoms with Crippen molar-refractivity contribution in [3.8, 4) is 0 Å². The molecular formula is C10H20O2. The molecule has 2 nitrogen and oxygen atoms in total. The third-order valence-electron chi connectivity index (χ3n) is 3.00. The smallest absolute Gasteiger partial charge is 0.0717 e. The molecule has 0 aromatic carbocycles. The molecule has 0 aromatic rings. The molecule has 0 radical (unpaired) electrons. The zero-order chi connectivity index (χ0) is 9.03. The van der Waals surface area contributed by atoms with Crippen LogP contribution in [0.4, 0.5) is 0 Å². The number of ether oxygens (including phenoxy) is 1. The van der Waals surface area contributed by atoms with Gasteiger partial charge < -0.3 is 9.84 Å². The van der Waals surface area contributed by atoms with E-state index in [1.165, 1.54) is 0 Å². The van der Waals surface area contributed by atoms with E-state index in [0.29, 0.717) is 5.92 Å². The molecule has 0 bridgehead atoms.